The minimum Gasteiger partial charge on any atom is -0.490 e. The van der Waals surface area contributed by atoms with Gasteiger partial charge >= 0.3 is 13.3 Å². The average molecular weight is 526 g/mol. The van der Waals surface area contributed by atoms with Gasteiger partial charge in [0.2, 0.25) is 0 Å². The van der Waals surface area contributed by atoms with Gasteiger partial charge in [-0.2, -0.15) is 11.8 Å². The van der Waals surface area contributed by atoms with Crippen molar-refractivity contribution in [1.82, 2.24) is 0 Å². The minimum absolute atomic E-state index is 0.271. The van der Waals surface area contributed by atoms with Gasteiger partial charge in [-0.1, -0.05) is 36.4 Å². The summed E-state index contributed by atoms with van der Waals surface area (Å²) in [5.41, 5.74) is 7.23. The third-order valence-electron chi connectivity index (χ3n) is 4.92. The number of ether oxygens (including phenoxy) is 1. The lowest BCUT2D eigenvalue weighted by molar-refractivity contribution is 0.200. The van der Waals surface area contributed by atoms with Crippen LogP contribution in [0.4, 0.5) is 0 Å². The molecule has 3 rings (SSSR count). The van der Waals surface area contributed by atoms with E-state index in [1.165, 1.54) is 0 Å². The van der Waals surface area contributed by atoms with Crippen molar-refractivity contribution < 1.29 is 23.8 Å². The quantitative estimate of drug-likeness (QED) is 0.151. The number of para-hydroxylation sites is 2. The first-order valence-corrected chi connectivity index (χ1v) is 16.3. The molecule has 0 aliphatic heterocycles. The Labute approximate surface area is 219 Å². The molecule has 9 heteroatoms. The number of thioether (sulfide) groups is 1. The Bertz CT molecular complexity index is 1080. The van der Waals surface area contributed by atoms with Gasteiger partial charge in [-0.3, -0.25) is 0 Å². The normalized spacial score (nSPS) is 11.9. The highest BCUT2D eigenvalue weighted by Gasteiger charge is 2.32. The number of aliphatic hydroxyl groups is 1. The van der Waals surface area contributed by atoms with Gasteiger partial charge in [0, 0.05) is 39.2 Å². The molecule has 0 fully saturated rings. The largest absolute Gasteiger partial charge is 0.864 e. The van der Waals surface area contributed by atoms with Crippen LogP contribution in [0.15, 0.2) is 90.5 Å². The summed E-state index contributed by atoms with van der Waals surface area (Å²) in [5, 5.41) is 10.3. The molecule has 0 aliphatic rings. The topological polar surface area (TPSA) is 83.2 Å². The van der Waals surface area contributed by atoms with Crippen LogP contribution in [0.2, 0.25) is 0 Å². The van der Waals surface area contributed by atoms with Crippen molar-refractivity contribution in [2.24, 2.45) is 5.73 Å². The number of hydrogen-bond acceptors (Lipinski definition) is 7. The molecule has 0 saturated carbocycles. The summed E-state index contributed by atoms with van der Waals surface area (Å²) in [6.45, 7) is 6.75. The van der Waals surface area contributed by atoms with Crippen LogP contribution in [-0.2, 0) is 6.16 Å². The highest BCUT2D eigenvalue weighted by Crippen LogP contribution is 2.52. The monoisotopic (exact) mass is 526 g/mol. The highest BCUT2D eigenvalue weighted by atomic mass is 32.2. The molecule has 0 unspecified atom stereocenters. The molecule has 0 aromatic heterocycles. The molecule has 36 heavy (non-hydrogen) atoms. The van der Waals surface area contributed by atoms with Crippen LogP contribution in [0.5, 0.6) is 23.0 Å². The van der Waals surface area contributed by atoms with Crippen molar-refractivity contribution in [1.29, 1.82) is 0 Å². The summed E-state index contributed by atoms with van der Waals surface area (Å²) >= 11 is 1.65. The maximum atomic E-state index is 10.3. The second kappa shape index (κ2) is 13.4. The molecule has 3 N–H and O–H groups in total. The van der Waals surface area contributed by atoms with Crippen LogP contribution < -0.4 is 24.4 Å². The second-order valence-electron chi connectivity index (χ2n) is 9.16. The van der Waals surface area contributed by atoms with Gasteiger partial charge < -0.3 is 29.5 Å². The number of rotatable bonds is 13. The van der Waals surface area contributed by atoms with Crippen LogP contribution >= 0.6 is 19.0 Å². The third kappa shape index (κ3) is 9.25. The maximum Gasteiger partial charge on any atom is 0.864 e. The van der Waals surface area contributed by atoms with E-state index in [0.29, 0.717) is 35.1 Å². The maximum absolute atomic E-state index is 10.3. The third-order valence-corrected chi connectivity index (χ3v) is 6.82. The summed E-state index contributed by atoms with van der Waals surface area (Å²) in [6.07, 6.45) is 3.33. The van der Waals surface area contributed by atoms with Crippen molar-refractivity contribution in [3.8, 4) is 23.0 Å². The summed E-state index contributed by atoms with van der Waals surface area (Å²) in [5.74, 6) is 2.88. The van der Waals surface area contributed by atoms with Gasteiger partial charge in [-0.05, 0) is 54.5 Å². The molecule has 3 aromatic rings. The predicted molar refractivity (Wildman–Crippen MR) is 153 cm³/mol. The van der Waals surface area contributed by atoms with Gasteiger partial charge in [0.05, 0.1) is 11.9 Å². The SMILES string of the molecule is CSCC/C(N)=C(\O)Oc1ccc(OB(Oc2ccccc2)Oc2ccccc2)c(C[P+](C)(C)C)c1. The molecule has 3 aromatic carbocycles. The molecular formula is C27H34BNO5PS+. The predicted octanol–water partition coefficient (Wildman–Crippen LogP) is 6.43. The first-order valence-electron chi connectivity index (χ1n) is 11.6. The smallest absolute Gasteiger partial charge is 0.490 e. The van der Waals surface area contributed by atoms with Crippen LogP contribution in [-0.4, -0.2) is 44.4 Å². The van der Waals surface area contributed by atoms with Crippen LogP contribution in [0, 0.1) is 0 Å². The van der Waals surface area contributed by atoms with E-state index in [0.717, 1.165) is 17.5 Å². The van der Waals surface area contributed by atoms with E-state index < -0.39 is 14.6 Å². The molecule has 190 valence electrons. The molecule has 0 amide bonds. The van der Waals surface area contributed by atoms with Gasteiger partial charge in [0.25, 0.3) is 0 Å². The summed E-state index contributed by atoms with van der Waals surface area (Å²) in [4.78, 5) is 0. The molecule has 0 aliphatic carbocycles. The zero-order valence-electron chi connectivity index (χ0n) is 21.2. The highest BCUT2D eigenvalue weighted by molar-refractivity contribution is 7.98. The Kier molecular flexibility index (Phi) is 10.3. The Morgan fingerprint density at radius 2 is 1.44 bits per heavy atom. The number of allylic oxidation sites excluding steroid dienone is 1. The van der Waals surface area contributed by atoms with E-state index in [4.69, 9.17) is 24.4 Å². The van der Waals surface area contributed by atoms with Crippen LogP contribution in [0.1, 0.15) is 12.0 Å². The van der Waals surface area contributed by atoms with Crippen molar-refractivity contribution in [2.75, 3.05) is 32.0 Å². The molecule has 0 atom stereocenters. The second-order valence-corrected chi connectivity index (χ2v) is 15.0. The zero-order valence-corrected chi connectivity index (χ0v) is 22.9. The zero-order chi connectivity index (χ0) is 26.0. The lowest BCUT2D eigenvalue weighted by atomic mass is 10.1. The molecule has 0 radical (unpaired) electrons. The molecular weight excluding hydrogens is 492 g/mol. The van der Waals surface area contributed by atoms with Crippen molar-refractivity contribution >= 4 is 26.3 Å². The van der Waals surface area contributed by atoms with Crippen molar-refractivity contribution in [2.45, 2.75) is 12.6 Å². The van der Waals surface area contributed by atoms with E-state index in [-0.39, 0.29) is 5.95 Å². The Morgan fingerprint density at radius 3 is 1.97 bits per heavy atom. The van der Waals surface area contributed by atoms with Gasteiger partial charge in [-0.15, -0.1) is 0 Å². The van der Waals surface area contributed by atoms with Gasteiger partial charge in [0.15, 0.2) is 0 Å². The average Bonchev–Trinajstić information content (AvgIpc) is 2.84. The van der Waals surface area contributed by atoms with Crippen LogP contribution in [0.25, 0.3) is 0 Å². The van der Waals surface area contributed by atoms with Gasteiger partial charge in [0.1, 0.15) is 23.0 Å². The Hall–Kier alpha value is -2.96. The van der Waals surface area contributed by atoms with Crippen molar-refractivity contribution in [3.05, 3.63) is 96.1 Å². The fourth-order valence-corrected chi connectivity index (χ4v) is 4.95. The van der Waals surface area contributed by atoms with Crippen molar-refractivity contribution in [3.63, 3.8) is 0 Å². The lowest BCUT2D eigenvalue weighted by Crippen LogP contribution is -2.37. The number of aliphatic hydroxyl groups excluding tert-OH is 1. The Balaban J connectivity index is 1.88. The van der Waals surface area contributed by atoms with E-state index in [9.17, 15) is 5.11 Å². The Morgan fingerprint density at radius 1 is 0.861 bits per heavy atom. The first-order chi connectivity index (χ1) is 17.2. The first kappa shape index (κ1) is 27.6. The van der Waals surface area contributed by atoms with E-state index in [2.05, 4.69) is 20.0 Å². The standard InChI is InChI=1S/C27H33BNO5PS/c1-35(2,3)20-21-19-24(31-27(30)25(29)17-18-36-4)15-16-26(21)34-28(32-22-11-7-5-8-12-22)33-23-13-9-6-10-14-23/h5-16,19H,17-18,20,29H2,1-4H3/p+1/b27-25-. The molecule has 0 spiro atoms. The molecule has 0 heterocycles. The number of benzene rings is 3. The molecule has 0 bridgehead atoms. The molecule has 0 saturated heterocycles. The summed E-state index contributed by atoms with van der Waals surface area (Å²) in [7, 11) is -2.27. The number of hydrogen-bond donors (Lipinski definition) is 2. The summed E-state index contributed by atoms with van der Waals surface area (Å²) < 4.78 is 24.0. The number of nitrogens with two attached hydrogens (primary N) is 1. The van der Waals surface area contributed by atoms with E-state index >= 15 is 0 Å². The lowest BCUT2D eigenvalue weighted by Gasteiger charge is -2.20. The van der Waals surface area contributed by atoms with Crippen LogP contribution in [0.3, 0.4) is 0 Å². The minimum atomic E-state index is -1.25. The fourth-order valence-electron chi connectivity index (χ4n) is 3.26. The summed E-state index contributed by atoms with van der Waals surface area (Å²) in [6, 6.07) is 24.2. The fraction of sp³-hybridized carbons (Fsp3) is 0.259. The van der Waals surface area contributed by atoms with E-state index in [1.54, 1.807) is 23.9 Å². The van der Waals surface area contributed by atoms with Gasteiger partial charge in [-0.25, -0.2) is 0 Å². The van der Waals surface area contributed by atoms with E-state index in [1.807, 2.05) is 73.0 Å². The molecule has 6 nitrogen and oxygen atoms in total.